The van der Waals surface area contributed by atoms with E-state index >= 15 is 0 Å². The minimum atomic E-state index is -0.432. The molecule has 5 heteroatoms. The zero-order chi connectivity index (χ0) is 11.4. The van der Waals surface area contributed by atoms with E-state index in [4.69, 9.17) is 10.5 Å². The summed E-state index contributed by atoms with van der Waals surface area (Å²) >= 11 is 0. The molecule has 2 heterocycles. The Morgan fingerprint density at radius 1 is 1.50 bits per heavy atom. The van der Waals surface area contributed by atoms with Crippen molar-refractivity contribution in [3.63, 3.8) is 0 Å². The number of rotatable bonds is 3. The van der Waals surface area contributed by atoms with Crippen molar-refractivity contribution in [3.8, 4) is 0 Å². The summed E-state index contributed by atoms with van der Waals surface area (Å²) in [4.78, 5) is 8.44. The van der Waals surface area contributed by atoms with E-state index in [1.807, 2.05) is 18.2 Å². The normalized spacial score (nSPS) is 24.8. The molecule has 1 atom stereocenters. The van der Waals surface area contributed by atoms with Gasteiger partial charge in [0.15, 0.2) is 0 Å². The highest BCUT2D eigenvalue weighted by Crippen LogP contribution is 2.21. The molecule has 86 valence electrons. The van der Waals surface area contributed by atoms with E-state index in [2.05, 4.69) is 9.98 Å². The average molecular weight is 221 g/mol. The Labute approximate surface area is 94.0 Å². The van der Waals surface area contributed by atoms with Gasteiger partial charge in [0, 0.05) is 12.7 Å². The van der Waals surface area contributed by atoms with Gasteiger partial charge in [0.25, 0.3) is 0 Å². The number of pyridine rings is 1. The largest absolute Gasteiger partial charge is 0.476 e. The summed E-state index contributed by atoms with van der Waals surface area (Å²) in [5.41, 5.74) is 5.89. The van der Waals surface area contributed by atoms with E-state index < -0.39 is 5.41 Å². The second kappa shape index (κ2) is 4.59. The van der Waals surface area contributed by atoms with E-state index in [0.717, 1.165) is 0 Å². The predicted molar refractivity (Wildman–Crippen MR) is 60.2 cm³/mol. The summed E-state index contributed by atoms with van der Waals surface area (Å²) in [5, 5.41) is 9.25. The van der Waals surface area contributed by atoms with Gasteiger partial charge in [-0.3, -0.25) is 4.98 Å². The van der Waals surface area contributed by atoms with Crippen molar-refractivity contribution in [2.75, 3.05) is 26.3 Å². The van der Waals surface area contributed by atoms with Crippen LogP contribution in [0, 0.1) is 5.41 Å². The van der Waals surface area contributed by atoms with Crippen molar-refractivity contribution in [1.82, 2.24) is 4.98 Å². The van der Waals surface area contributed by atoms with Gasteiger partial charge >= 0.3 is 0 Å². The first-order chi connectivity index (χ1) is 7.79. The second-order valence-corrected chi connectivity index (χ2v) is 3.99. The molecule has 1 aromatic heterocycles. The molecule has 2 rings (SSSR count). The standard InChI is InChI=1S/C11H15N3O2/c12-5-11(7-15)6-14-10(16-8-11)9-3-1-2-4-13-9/h1-4,15H,5-8,12H2. The number of aliphatic hydroxyl groups is 1. The number of hydrogen-bond acceptors (Lipinski definition) is 5. The number of aliphatic imine (C=N–C) groups is 1. The fourth-order valence-corrected chi connectivity index (χ4v) is 1.48. The van der Waals surface area contributed by atoms with Crippen molar-refractivity contribution in [3.05, 3.63) is 30.1 Å². The third-order valence-electron chi connectivity index (χ3n) is 2.73. The van der Waals surface area contributed by atoms with Crippen LogP contribution in [-0.4, -0.2) is 42.3 Å². The molecule has 0 spiro atoms. The van der Waals surface area contributed by atoms with Crippen LogP contribution in [0.4, 0.5) is 0 Å². The Bertz CT molecular complexity index is 374. The molecular weight excluding hydrogens is 206 g/mol. The summed E-state index contributed by atoms with van der Waals surface area (Å²) in [6.07, 6.45) is 1.69. The van der Waals surface area contributed by atoms with E-state index in [1.165, 1.54) is 0 Å². The molecule has 0 saturated heterocycles. The molecular formula is C11H15N3O2. The lowest BCUT2D eigenvalue weighted by Crippen LogP contribution is -2.45. The molecule has 0 saturated carbocycles. The van der Waals surface area contributed by atoms with Crippen molar-refractivity contribution in [2.45, 2.75) is 0 Å². The summed E-state index contributed by atoms with van der Waals surface area (Å²) in [5.74, 6) is 0.526. The lowest BCUT2D eigenvalue weighted by molar-refractivity contribution is 0.0627. The number of aromatic nitrogens is 1. The molecule has 1 aromatic rings. The molecule has 0 aromatic carbocycles. The number of nitrogens with two attached hydrogens (primary N) is 1. The summed E-state index contributed by atoms with van der Waals surface area (Å²) in [7, 11) is 0. The SMILES string of the molecule is NCC1(CO)CN=C(c2ccccn2)OC1. The van der Waals surface area contributed by atoms with Crippen LogP contribution in [0.25, 0.3) is 0 Å². The topological polar surface area (TPSA) is 80.7 Å². The molecule has 0 amide bonds. The van der Waals surface area contributed by atoms with Crippen LogP contribution in [0.3, 0.4) is 0 Å². The Kier molecular flexibility index (Phi) is 3.17. The molecule has 5 nitrogen and oxygen atoms in total. The lowest BCUT2D eigenvalue weighted by atomic mass is 9.89. The Hall–Kier alpha value is -1.46. The molecule has 0 radical (unpaired) electrons. The summed E-state index contributed by atoms with van der Waals surface area (Å²) in [6, 6.07) is 5.56. The highest BCUT2D eigenvalue weighted by molar-refractivity contribution is 5.92. The van der Waals surface area contributed by atoms with Gasteiger partial charge in [0.2, 0.25) is 5.90 Å². The Balaban J connectivity index is 2.15. The molecule has 0 fully saturated rings. The van der Waals surface area contributed by atoms with Crippen LogP contribution >= 0.6 is 0 Å². The molecule has 1 unspecified atom stereocenters. The van der Waals surface area contributed by atoms with Crippen LogP contribution in [0.2, 0.25) is 0 Å². The summed E-state index contributed by atoms with van der Waals surface area (Å²) in [6.45, 7) is 1.21. The minimum Gasteiger partial charge on any atom is -0.476 e. The van der Waals surface area contributed by atoms with Crippen LogP contribution in [0.15, 0.2) is 29.4 Å². The second-order valence-electron chi connectivity index (χ2n) is 3.99. The number of nitrogens with zero attached hydrogens (tertiary/aromatic N) is 2. The fourth-order valence-electron chi connectivity index (χ4n) is 1.48. The van der Waals surface area contributed by atoms with Gasteiger partial charge in [0.1, 0.15) is 12.3 Å². The fraction of sp³-hybridized carbons (Fsp3) is 0.455. The first kappa shape index (κ1) is 11.0. The predicted octanol–water partition coefficient (Wildman–Crippen LogP) is -0.204. The molecule has 0 aliphatic carbocycles. The van der Waals surface area contributed by atoms with Gasteiger partial charge in [-0.05, 0) is 12.1 Å². The molecule has 1 aliphatic heterocycles. The maximum absolute atomic E-state index is 9.25. The van der Waals surface area contributed by atoms with Crippen molar-refractivity contribution >= 4 is 5.90 Å². The Morgan fingerprint density at radius 3 is 2.88 bits per heavy atom. The van der Waals surface area contributed by atoms with Crippen molar-refractivity contribution in [2.24, 2.45) is 16.1 Å². The van der Waals surface area contributed by atoms with Crippen LogP contribution < -0.4 is 5.73 Å². The zero-order valence-electron chi connectivity index (χ0n) is 8.97. The van der Waals surface area contributed by atoms with E-state index in [0.29, 0.717) is 31.3 Å². The first-order valence-electron chi connectivity index (χ1n) is 5.19. The number of ether oxygens (including phenoxy) is 1. The van der Waals surface area contributed by atoms with Crippen LogP contribution in [-0.2, 0) is 4.74 Å². The van der Waals surface area contributed by atoms with E-state index in [1.54, 1.807) is 6.20 Å². The maximum atomic E-state index is 9.25. The quantitative estimate of drug-likeness (QED) is 0.740. The average Bonchev–Trinajstić information content (AvgIpc) is 2.40. The third kappa shape index (κ3) is 2.05. The molecule has 1 aliphatic rings. The van der Waals surface area contributed by atoms with Gasteiger partial charge in [0.05, 0.1) is 18.6 Å². The molecule has 3 N–H and O–H groups in total. The smallest absolute Gasteiger partial charge is 0.235 e. The van der Waals surface area contributed by atoms with E-state index in [9.17, 15) is 5.11 Å². The number of aliphatic hydroxyl groups excluding tert-OH is 1. The van der Waals surface area contributed by atoms with Gasteiger partial charge in [-0.15, -0.1) is 0 Å². The van der Waals surface area contributed by atoms with Crippen LogP contribution in [0.1, 0.15) is 5.69 Å². The Morgan fingerprint density at radius 2 is 2.38 bits per heavy atom. The monoisotopic (exact) mass is 221 g/mol. The first-order valence-corrected chi connectivity index (χ1v) is 5.19. The van der Waals surface area contributed by atoms with E-state index in [-0.39, 0.29) is 6.61 Å². The van der Waals surface area contributed by atoms with Crippen LogP contribution in [0.5, 0.6) is 0 Å². The number of hydrogen-bond donors (Lipinski definition) is 2. The third-order valence-corrected chi connectivity index (χ3v) is 2.73. The van der Waals surface area contributed by atoms with Crippen molar-refractivity contribution in [1.29, 1.82) is 0 Å². The van der Waals surface area contributed by atoms with Crippen molar-refractivity contribution < 1.29 is 9.84 Å². The van der Waals surface area contributed by atoms with Gasteiger partial charge in [-0.1, -0.05) is 6.07 Å². The molecule has 16 heavy (non-hydrogen) atoms. The van der Waals surface area contributed by atoms with Gasteiger partial charge in [-0.2, -0.15) is 0 Å². The minimum absolute atomic E-state index is 0.0114. The van der Waals surface area contributed by atoms with Gasteiger partial charge < -0.3 is 15.6 Å². The summed E-state index contributed by atoms with van der Waals surface area (Å²) < 4.78 is 5.51. The highest BCUT2D eigenvalue weighted by atomic mass is 16.5. The zero-order valence-corrected chi connectivity index (χ0v) is 8.97. The highest BCUT2D eigenvalue weighted by Gasteiger charge is 2.33. The maximum Gasteiger partial charge on any atom is 0.235 e. The lowest BCUT2D eigenvalue weighted by Gasteiger charge is -2.32. The van der Waals surface area contributed by atoms with Gasteiger partial charge in [-0.25, -0.2) is 4.99 Å². The molecule has 0 bridgehead atoms.